The van der Waals surface area contributed by atoms with E-state index >= 15 is 0 Å². The average Bonchev–Trinajstić information content (AvgIpc) is 2.96. The van der Waals surface area contributed by atoms with Crippen LogP contribution in [0, 0.1) is 0 Å². The van der Waals surface area contributed by atoms with Gasteiger partial charge in [-0.1, -0.05) is 37.3 Å². The van der Waals surface area contributed by atoms with Crippen molar-refractivity contribution in [1.29, 1.82) is 0 Å². The van der Waals surface area contributed by atoms with Gasteiger partial charge in [0, 0.05) is 5.69 Å². The molecule has 0 saturated carbocycles. The number of imide groups is 1. The SMILES string of the molecule is CCc1ccccc1NC(=O)CN1C(=O)N/C(=C/c2cccc(OC)c2)C1=O. The summed E-state index contributed by atoms with van der Waals surface area (Å²) >= 11 is 0. The van der Waals surface area contributed by atoms with Gasteiger partial charge in [-0.05, 0) is 41.8 Å². The van der Waals surface area contributed by atoms with E-state index in [4.69, 9.17) is 4.74 Å². The van der Waals surface area contributed by atoms with E-state index in [1.807, 2.05) is 25.1 Å². The lowest BCUT2D eigenvalue weighted by Crippen LogP contribution is -2.38. The lowest BCUT2D eigenvalue weighted by molar-refractivity contribution is -0.127. The van der Waals surface area contributed by atoms with Crippen LogP contribution in [0.4, 0.5) is 10.5 Å². The monoisotopic (exact) mass is 379 g/mol. The van der Waals surface area contributed by atoms with Crippen LogP contribution in [-0.4, -0.2) is 36.4 Å². The van der Waals surface area contributed by atoms with Crippen molar-refractivity contribution < 1.29 is 19.1 Å². The highest BCUT2D eigenvalue weighted by atomic mass is 16.5. The minimum absolute atomic E-state index is 0.111. The molecule has 0 atom stereocenters. The molecule has 1 fully saturated rings. The number of methoxy groups -OCH3 is 1. The quantitative estimate of drug-likeness (QED) is 0.597. The van der Waals surface area contributed by atoms with Crippen molar-refractivity contribution in [2.24, 2.45) is 0 Å². The maximum atomic E-state index is 12.5. The summed E-state index contributed by atoms with van der Waals surface area (Å²) < 4.78 is 5.15. The molecule has 0 aliphatic carbocycles. The Morgan fingerprint density at radius 1 is 1.18 bits per heavy atom. The van der Waals surface area contributed by atoms with Gasteiger partial charge >= 0.3 is 6.03 Å². The first-order chi connectivity index (χ1) is 13.5. The summed E-state index contributed by atoms with van der Waals surface area (Å²) in [6, 6.07) is 13.9. The van der Waals surface area contributed by atoms with Crippen LogP contribution < -0.4 is 15.4 Å². The molecule has 2 aromatic carbocycles. The van der Waals surface area contributed by atoms with Gasteiger partial charge in [0.1, 0.15) is 18.0 Å². The van der Waals surface area contributed by atoms with Crippen molar-refractivity contribution in [3.05, 3.63) is 65.4 Å². The van der Waals surface area contributed by atoms with Crippen LogP contribution >= 0.6 is 0 Å². The molecule has 28 heavy (non-hydrogen) atoms. The first kappa shape index (κ1) is 19.2. The Kier molecular flexibility index (Phi) is 5.74. The van der Waals surface area contributed by atoms with Gasteiger partial charge in [-0.3, -0.25) is 9.59 Å². The third-order valence-electron chi connectivity index (χ3n) is 4.34. The Balaban J connectivity index is 1.71. The summed E-state index contributed by atoms with van der Waals surface area (Å²) in [5.41, 5.74) is 2.46. The van der Waals surface area contributed by atoms with Crippen LogP contribution in [0.3, 0.4) is 0 Å². The topological polar surface area (TPSA) is 87.7 Å². The van der Waals surface area contributed by atoms with Gasteiger partial charge < -0.3 is 15.4 Å². The van der Waals surface area contributed by atoms with E-state index in [0.29, 0.717) is 17.0 Å². The first-order valence-electron chi connectivity index (χ1n) is 8.88. The molecule has 4 amide bonds. The highest BCUT2D eigenvalue weighted by Crippen LogP contribution is 2.19. The number of hydrogen-bond acceptors (Lipinski definition) is 4. The first-order valence-corrected chi connectivity index (χ1v) is 8.88. The lowest BCUT2D eigenvalue weighted by Gasteiger charge is -2.13. The number of nitrogens with one attached hydrogen (secondary N) is 2. The number of urea groups is 1. The molecule has 0 spiro atoms. The fourth-order valence-corrected chi connectivity index (χ4v) is 2.90. The smallest absolute Gasteiger partial charge is 0.329 e. The Bertz CT molecular complexity index is 952. The fourth-order valence-electron chi connectivity index (χ4n) is 2.90. The van der Waals surface area contributed by atoms with Gasteiger partial charge in [0.25, 0.3) is 5.91 Å². The van der Waals surface area contributed by atoms with E-state index in [1.165, 1.54) is 0 Å². The highest BCUT2D eigenvalue weighted by Gasteiger charge is 2.34. The number of hydrogen-bond donors (Lipinski definition) is 2. The molecule has 1 heterocycles. The number of ether oxygens (including phenoxy) is 1. The maximum Gasteiger partial charge on any atom is 0.329 e. The van der Waals surface area contributed by atoms with Crippen molar-refractivity contribution >= 4 is 29.6 Å². The van der Waals surface area contributed by atoms with E-state index < -0.39 is 17.8 Å². The number of carbonyl (C=O) groups excluding carboxylic acids is 3. The molecule has 1 aliphatic rings. The molecule has 144 valence electrons. The highest BCUT2D eigenvalue weighted by molar-refractivity contribution is 6.16. The van der Waals surface area contributed by atoms with Crippen LogP contribution in [0.2, 0.25) is 0 Å². The van der Waals surface area contributed by atoms with Crippen LogP contribution in [0.25, 0.3) is 6.08 Å². The van der Waals surface area contributed by atoms with Crippen molar-refractivity contribution in [3.63, 3.8) is 0 Å². The Morgan fingerprint density at radius 2 is 1.96 bits per heavy atom. The van der Waals surface area contributed by atoms with E-state index in [0.717, 1.165) is 16.9 Å². The van der Waals surface area contributed by atoms with Gasteiger partial charge in [0.05, 0.1) is 7.11 Å². The average molecular weight is 379 g/mol. The van der Waals surface area contributed by atoms with Gasteiger partial charge in [-0.25, -0.2) is 9.69 Å². The van der Waals surface area contributed by atoms with Crippen molar-refractivity contribution in [2.75, 3.05) is 19.0 Å². The van der Waals surface area contributed by atoms with E-state index in [9.17, 15) is 14.4 Å². The molecule has 7 heteroatoms. The van der Waals surface area contributed by atoms with Gasteiger partial charge in [-0.15, -0.1) is 0 Å². The third-order valence-corrected chi connectivity index (χ3v) is 4.34. The number of amides is 4. The zero-order chi connectivity index (χ0) is 20.1. The number of anilines is 1. The Hall–Kier alpha value is -3.61. The predicted octanol–water partition coefficient (Wildman–Crippen LogP) is 2.79. The van der Waals surface area contributed by atoms with Gasteiger partial charge in [0.2, 0.25) is 5.91 Å². The number of rotatable bonds is 6. The van der Waals surface area contributed by atoms with Gasteiger partial charge in [0.15, 0.2) is 0 Å². The second-order valence-electron chi connectivity index (χ2n) is 6.21. The van der Waals surface area contributed by atoms with Crippen LogP contribution in [0.5, 0.6) is 5.75 Å². The number of carbonyl (C=O) groups is 3. The minimum atomic E-state index is -0.627. The summed E-state index contributed by atoms with van der Waals surface area (Å²) in [5, 5.41) is 5.27. The standard InChI is InChI=1S/C21H21N3O4/c1-3-15-8-4-5-10-17(15)22-19(25)13-24-20(26)18(23-21(24)27)12-14-7-6-9-16(11-14)28-2/h4-12H,3,13H2,1-2H3,(H,22,25)(H,23,27)/b18-12+. The summed E-state index contributed by atoms with van der Waals surface area (Å²) in [5.74, 6) is -0.351. The summed E-state index contributed by atoms with van der Waals surface area (Å²) in [4.78, 5) is 38.0. The normalized spacial score (nSPS) is 14.9. The largest absolute Gasteiger partial charge is 0.497 e. The Morgan fingerprint density at radius 3 is 2.71 bits per heavy atom. The molecule has 3 rings (SSSR count). The molecule has 0 unspecified atom stereocenters. The predicted molar refractivity (Wildman–Crippen MR) is 106 cm³/mol. The van der Waals surface area contributed by atoms with Crippen LogP contribution in [-0.2, 0) is 16.0 Å². The van der Waals surface area contributed by atoms with E-state index in [2.05, 4.69) is 10.6 Å². The van der Waals surface area contributed by atoms with E-state index in [-0.39, 0.29) is 12.2 Å². The second kappa shape index (κ2) is 8.39. The van der Waals surface area contributed by atoms with Crippen molar-refractivity contribution in [1.82, 2.24) is 10.2 Å². The maximum absolute atomic E-state index is 12.5. The molecule has 7 nitrogen and oxygen atoms in total. The fraction of sp³-hybridized carbons (Fsp3) is 0.190. The molecule has 2 N–H and O–H groups in total. The molecule has 0 aromatic heterocycles. The zero-order valence-corrected chi connectivity index (χ0v) is 15.7. The number of benzene rings is 2. The van der Waals surface area contributed by atoms with Crippen molar-refractivity contribution in [3.8, 4) is 5.75 Å². The zero-order valence-electron chi connectivity index (χ0n) is 15.7. The molecule has 0 bridgehead atoms. The number of aryl methyl sites for hydroxylation is 1. The lowest BCUT2D eigenvalue weighted by atomic mass is 10.1. The second-order valence-corrected chi connectivity index (χ2v) is 6.21. The number of nitrogens with zero attached hydrogens (tertiary/aromatic N) is 1. The minimum Gasteiger partial charge on any atom is -0.497 e. The molecule has 1 saturated heterocycles. The van der Waals surface area contributed by atoms with Crippen LogP contribution in [0.15, 0.2) is 54.2 Å². The summed E-state index contributed by atoms with van der Waals surface area (Å²) in [7, 11) is 1.55. The summed E-state index contributed by atoms with van der Waals surface area (Å²) in [6.45, 7) is 1.62. The van der Waals surface area contributed by atoms with Gasteiger partial charge in [-0.2, -0.15) is 0 Å². The van der Waals surface area contributed by atoms with Crippen molar-refractivity contribution in [2.45, 2.75) is 13.3 Å². The third kappa shape index (κ3) is 4.20. The van der Waals surface area contributed by atoms with E-state index in [1.54, 1.807) is 43.5 Å². The molecule has 1 aliphatic heterocycles. The molecule has 0 radical (unpaired) electrons. The summed E-state index contributed by atoms with van der Waals surface area (Å²) in [6.07, 6.45) is 2.31. The molecule has 2 aromatic rings. The Labute approximate surface area is 163 Å². The number of para-hydroxylation sites is 1. The molecular formula is C21H21N3O4. The van der Waals surface area contributed by atoms with Crippen LogP contribution in [0.1, 0.15) is 18.1 Å². The molecular weight excluding hydrogens is 358 g/mol.